The molecule has 2 amide bonds. The molecule has 1 fully saturated rings. The minimum atomic E-state index is -0.0830. The molecule has 106 valence electrons. The van der Waals surface area contributed by atoms with Crippen LogP contribution in [-0.2, 0) is 17.9 Å². The molecule has 0 saturated heterocycles. The van der Waals surface area contributed by atoms with Crippen molar-refractivity contribution in [3.63, 3.8) is 0 Å². The largest absolute Gasteiger partial charge is 0.354 e. The van der Waals surface area contributed by atoms with E-state index in [4.69, 9.17) is 0 Å². The van der Waals surface area contributed by atoms with Gasteiger partial charge in [0.2, 0.25) is 5.91 Å². The summed E-state index contributed by atoms with van der Waals surface area (Å²) in [5.41, 5.74) is 3.14. The van der Waals surface area contributed by atoms with Crippen molar-refractivity contribution in [2.24, 2.45) is 5.92 Å². The minimum absolute atomic E-state index is 0.0830. The van der Waals surface area contributed by atoms with Crippen LogP contribution < -0.4 is 16.0 Å². The first-order valence-electron chi connectivity index (χ1n) is 7.12. The van der Waals surface area contributed by atoms with Crippen molar-refractivity contribution in [1.29, 1.82) is 0 Å². The Morgan fingerprint density at radius 2 is 1.85 bits per heavy atom. The van der Waals surface area contributed by atoms with Crippen LogP contribution in [0, 0.1) is 5.92 Å². The number of benzene rings is 1. The van der Waals surface area contributed by atoms with E-state index in [9.17, 15) is 9.59 Å². The standard InChI is InChI=1S/C15H19N3O2/c19-14(10-1-2-10)17-5-6-18-15(20)11-3-4-12-8-16-9-13(12)7-11/h3-4,7,10,16H,1-2,5-6,8-9H2,(H,17,19)(H,18,20). The SMILES string of the molecule is O=C(NCCNC(=O)C1CC1)c1ccc2c(c1)CNC2. The van der Waals surface area contributed by atoms with E-state index in [0.717, 1.165) is 25.9 Å². The fourth-order valence-electron chi connectivity index (χ4n) is 2.39. The number of hydrogen-bond donors (Lipinski definition) is 3. The molecule has 3 N–H and O–H groups in total. The summed E-state index contributed by atoms with van der Waals surface area (Å²) < 4.78 is 0. The molecule has 0 spiro atoms. The minimum Gasteiger partial charge on any atom is -0.354 e. The van der Waals surface area contributed by atoms with Crippen molar-refractivity contribution in [1.82, 2.24) is 16.0 Å². The number of hydrogen-bond acceptors (Lipinski definition) is 3. The highest BCUT2D eigenvalue weighted by molar-refractivity contribution is 5.94. The van der Waals surface area contributed by atoms with Gasteiger partial charge in [0.15, 0.2) is 0 Å². The number of amides is 2. The van der Waals surface area contributed by atoms with Gasteiger partial charge in [-0.25, -0.2) is 0 Å². The van der Waals surface area contributed by atoms with Crippen LogP contribution in [0.15, 0.2) is 18.2 Å². The quantitative estimate of drug-likeness (QED) is 0.686. The Kier molecular flexibility index (Phi) is 3.69. The van der Waals surface area contributed by atoms with Gasteiger partial charge >= 0.3 is 0 Å². The lowest BCUT2D eigenvalue weighted by atomic mass is 10.1. The third-order valence-corrected chi connectivity index (χ3v) is 3.76. The van der Waals surface area contributed by atoms with Gasteiger partial charge in [-0.15, -0.1) is 0 Å². The highest BCUT2D eigenvalue weighted by atomic mass is 16.2. The van der Waals surface area contributed by atoms with Crippen molar-refractivity contribution < 1.29 is 9.59 Å². The molecule has 20 heavy (non-hydrogen) atoms. The van der Waals surface area contributed by atoms with Crippen LogP contribution in [0.3, 0.4) is 0 Å². The monoisotopic (exact) mass is 273 g/mol. The number of nitrogens with one attached hydrogen (secondary N) is 3. The molecule has 0 aromatic heterocycles. The second kappa shape index (κ2) is 5.63. The Hall–Kier alpha value is -1.88. The van der Waals surface area contributed by atoms with Crippen LogP contribution in [0.25, 0.3) is 0 Å². The predicted molar refractivity (Wildman–Crippen MR) is 75.1 cm³/mol. The molecular weight excluding hydrogens is 254 g/mol. The van der Waals surface area contributed by atoms with Gasteiger partial charge in [-0.3, -0.25) is 9.59 Å². The third kappa shape index (κ3) is 2.99. The van der Waals surface area contributed by atoms with Gasteiger partial charge in [-0.05, 0) is 36.1 Å². The summed E-state index contributed by atoms with van der Waals surface area (Å²) >= 11 is 0. The summed E-state index contributed by atoms with van der Waals surface area (Å²) in [6.07, 6.45) is 2.00. The molecule has 0 unspecified atom stereocenters. The molecule has 0 atom stereocenters. The van der Waals surface area contributed by atoms with Gasteiger partial charge in [0.1, 0.15) is 0 Å². The third-order valence-electron chi connectivity index (χ3n) is 3.76. The van der Waals surface area contributed by atoms with E-state index in [1.54, 1.807) is 0 Å². The average molecular weight is 273 g/mol. The number of carbonyl (C=O) groups is 2. The lowest BCUT2D eigenvalue weighted by Gasteiger charge is -2.08. The summed E-state index contributed by atoms with van der Waals surface area (Å²) in [4.78, 5) is 23.4. The van der Waals surface area contributed by atoms with Gasteiger partial charge in [0.05, 0.1) is 0 Å². The zero-order valence-electron chi connectivity index (χ0n) is 11.4. The van der Waals surface area contributed by atoms with Crippen LogP contribution in [-0.4, -0.2) is 24.9 Å². The zero-order chi connectivity index (χ0) is 13.9. The fraction of sp³-hybridized carbons (Fsp3) is 0.467. The van der Waals surface area contributed by atoms with Crippen molar-refractivity contribution in [2.75, 3.05) is 13.1 Å². The average Bonchev–Trinajstić information content (AvgIpc) is 3.20. The second-order valence-corrected chi connectivity index (χ2v) is 5.41. The maximum atomic E-state index is 12.0. The molecule has 2 aliphatic rings. The highest BCUT2D eigenvalue weighted by Gasteiger charge is 2.28. The maximum absolute atomic E-state index is 12.0. The Labute approximate surface area is 118 Å². The smallest absolute Gasteiger partial charge is 0.251 e. The van der Waals surface area contributed by atoms with Crippen LogP contribution in [0.5, 0.6) is 0 Å². The van der Waals surface area contributed by atoms with Crippen molar-refractivity contribution in [3.05, 3.63) is 34.9 Å². The molecule has 1 saturated carbocycles. The van der Waals surface area contributed by atoms with E-state index in [0.29, 0.717) is 18.7 Å². The lowest BCUT2D eigenvalue weighted by Crippen LogP contribution is -2.35. The molecule has 1 aromatic carbocycles. The second-order valence-electron chi connectivity index (χ2n) is 5.41. The topological polar surface area (TPSA) is 70.2 Å². The van der Waals surface area contributed by atoms with E-state index >= 15 is 0 Å². The normalized spacial score (nSPS) is 16.6. The zero-order valence-corrected chi connectivity index (χ0v) is 11.4. The first-order chi connectivity index (χ1) is 9.74. The summed E-state index contributed by atoms with van der Waals surface area (Å²) in [6.45, 7) is 2.67. The van der Waals surface area contributed by atoms with E-state index in [1.165, 1.54) is 11.1 Å². The van der Waals surface area contributed by atoms with E-state index in [2.05, 4.69) is 16.0 Å². The molecule has 0 radical (unpaired) electrons. The van der Waals surface area contributed by atoms with Crippen LogP contribution in [0.4, 0.5) is 0 Å². The molecule has 1 aliphatic heterocycles. The van der Waals surface area contributed by atoms with Crippen molar-refractivity contribution >= 4 is 11.8 Å². The number of fused-ring (bicyclic) bond motifs is 1. The summed E-state index contributed by atoms with van der Waals surface area (Å²) in [5, 5.41) is 8.92. The first-order valence-corrected chi connectivity index (χ1v) is 7.12. The molecule has 5 heteroatoms. The molecule has 3 rings (SSSR count). The lowest BCUT2D eigenvalue weighted by molar-refractivity contribution is -0.122. The first kappa shape index (κ1) is 13.1. The van der Waals surface area contributed by atoms with Crippen LogP contribution >= 0.6 is 0 Å². The Bertz CT molecular complexity index is 538. The Balaban J connectivity index is 1.45. The van der Waals surface area contributed by atoms with E-state index in [-0.39, 0.29) is 17.7 Å². The van der Waals surface area contributed by atoms with Crippen LogP contribution in [0.1, 0.15) is 34.3 Å². The molecule has 0 bridgehead atoms. The van der Waals surface area contributed by atoms with E-state index < -0.39 is 0 Å². The predicted octanol–water partition coefficient (Wildman–Crippen LogP) is 0.546. The molecule has 5 nitrogen and oxygen atoms in total. The van der Waals surface area contributed by atoms with Gasteiger partial charge in [0, 0.05) is 37.7 Å². The van der Waals surface area contributed by atoms with Gasteiger partial charge in [0.25, 0.3) is 5.91 Å². The van der Waals surface area contributed by atoms with Gasteiger partial charge < -0.3 is 16.0 Å². The summed E-state index contributed by atoms with van der Waals surface area (Å²) in [6, 6.07) is 5.79. The number of carbonyl (C=O) groups excluding carboxylic acids is 2. The Morgan fingerprint density at radius 3 is 2.65 bits per heavy atom. The van der Waals surface area contributed by atoms with Crippen molar-refractivity contribution in [3.8, 4) is 0 Å². The molecule has 1 heterocycles. The van der Waals surface area contributed by atoms with E-state index in [1.807, 2.05) is 18.2 Å². The summed E-state index contributed by atoms with van der Waals surface area (Å²) in [5.74, 6) is 0.248. The Morgan fingerprint density at radius 1 is 1.10 bits per heavy atom. The van der Waals surface area contributed by atoms with Gasteiger partial charge in [-0.2, -0.15) is 0 Å². The van der Waals surface area contributed by atoms with Crippen LogP contribution in [0.2, 0.25) is 0 Å². The molecule has 1 aromatic rings. The highest BCUT2D eigenvalue weighted by Crippen LogP contribution is 2.28. The van der Waals surface area contributed by atoms with Gasteiger partial charge in [-0.1, -0.05) is 6.07 Å². The summed E-state index contributed by atoms with van der Waals surface area (Å²) in [7, 11) is 0. The van der Waals surface area contributed by atoms with Crippen molar-refractivity contribution in [2.45, 2.75) is 25.9 Å². The maximum Gasteiger partial charge on any atom is 0.251 e. The fourth-order valence-corrected chi connectivity index (χ4v) is 2.39. The molecular formula is C15H19N3O2. The number of rotatable bonds is 5. The molecule has 1 aliphatic carbocycles.